The number of non-ortho nitro benzene ring substituents is 1. The number of nitrogens with zero attached hydrogens (tertiary/aromatic N) is 3. The number of cyclic esters (lactones) is 1. The van der Waals surface area contributed by atoms with Crippen LogP contribution in [0.4, 0.5) is 5.69 Å². The Morgan fingerprint density at radius 1 is 0.784 bits per heavy atom. The van der Waals surface area contributed by atoms with Crippen molar-refractivity contribution in [3.8, 4) is 0 Å². The Bertz CT molecular complexity index is 2300. The highest BCUT2D eigenvalue weighted by Crippen LogP contribution is 2.39. The van der Waals surface area contributed by atoms with Gasteiger partial charge in [-0.25, -0.2) is 9.79 Å². The zero-order valence-corrected chi connectivity index (χ0v) is 28.9. The molecule has 6 rings (SSSR count). The Kier molecular flexibility index (Phi) is 10.5. The average Bonchev–Trinajstić information content (AvgIpc) is 3.63. The van der Waals surface area contributed by atoms with Crippen molar-refractivity contribution in [1.29, 1.82) is 0 Å². The average molecular weight is 674 g/mol. The minimum atomic E-state index is -0.572. The fourth-order valence-electron chi connectivity index (χ4n) is 6.33. The monoisotopic (exact) mass is 673 g/mol. The molecule has 254 valence electrons. The molecule has 1 aliphatic heterocycles. The number of esters is 1. The molecule has 0 unspecified atom stereocenters. The third-order valence-corrected chi connectivity index (χ3v) is 8.67. The van der Waals surface area contributed by atoms with Crippen molar-refractivity contribution in [2.75, 3.05) is 0 Å². The Labute approximate surface area is 297 Å². The predicted octanol–water partition coefficient (Wildman–Crippen LogP) is 10.6. The summed E-state index contributed by atoms with van der Waals surface area (Å²) >= 11 is 0. The molecule has 0 spiro atoms. The summed E-state index contributed by atoms with van der Waals surface area (Å²) in [6.07, 6.45) is 31.8. The van der Waals surface area contributed by atoms with E-state index in [0.29, 0.717) is 5.56 Å². The molecule has 7 heteroatoms. The Morgan fingerprint density at radius 3 is 2.14 bits per heavy atom. The Balaban J connectivity index is 1.01. The van der Waals surface area contributed by atoms with E-state index in [4.69, 9.17) is 4.74 Å². The van der Waals surface area contributed by atoms with Crippen molar-refractivity contribution in [2.24, 2.45) is 17.5 Å². The zero-order chi connectivity index (χ0) is 35.8. The van der Waals surface area contributed by atoms with Crippen LogP contribution in [-0.4, -0.2) is 21.4 Å². The molecule has 0 atom stereocenters. The van der Waals surface area contributed by atoms with Crippen LogP contribution in [0, 0.1) is 15.5 Å². The van der Waals surface area contributed by atoms with Gasteiger partial charge in [0.1, 0.15) is 0 Å². The summed E-state index contributed by atoms with van der Waals surface area (Å²) in [7, 11) is 2.13. The second kappa shape index (κ2) is 15.5. The highest BCUT2D eigenvalue weighted by Gasteiger charge is 2.25. The van der Waals surface area contributed by atoms with Crippen LogP contribution in [0.5, 0.6) is 0 Å². The number of rotatable bonds is 10. The van der Waals surface area contributed by atoms with E-state index in [1.54, 1.807) is 18.2 Å². The summed E-state index contributed by atoms with van der Waals surface area (Å²) in [6.45, 7) is 4.66. The summed E-state index contributed by atoms with van der Waals surface area (Å²) < 4.78 is 7.45. The van der Waals surface area contributed by atoms with Crippen molar-refractivity contribution in [3.05, 3.63) is 190 Å². The van der Waals surface area contributed by atoms with E-state index in [0.717, 1.165) is 12.8 Å². The lowest BCUT2D eigenvalue weighted by atomic mass is 9.75. The Hall–Kier alpha value is -6.34. The first-order valence-electron chi connectivity index (χ1n) is 16.8. The summed E-state index contributed by atoms with van der Waals surface area (Å²) in [5, 5.41) is 13.4. The van der Waals surface area contributed by atoms with Gasteiger partial charge in [-0.05, 0) is 71.4 Å². The van der Waals surface area contributed by atoms with Crippen molar-refractivity contribution < 1.29 is 14.5 Å². The molecule has 0 N–H and O–H groups in total. The number of ether oxygens (including phenoxy) is 1. The molecule has 1 aromatic heterocycles. The van der Waals surface area contributed by atoms with E-state index in [2.05, 4.69) is 103 Å². The van der Waals surface area contributed by atoms with Gasteiger partial charge in [-0.15, -0.1) is 0 Å². The van der Waals surface area contributed by atoms with Crippen molar-refractivity contribution in [1.82, 2.24) is 4.57 Å². The van der Waals surface area contributed by atoms with Crippen LogP contribution < -0.4 is 0 Å². The van der Waals surface area contributed by atoms with Gasteiger partial charge in [-0.3, -0.25) is 10.1 Å². The normalized spacial score (nSPS) is 18.3. The third kappa shape index (κ3) is 8.64. The number of para-hydroxylation sites is 1. The van der Waals surface area contributed by atoms with Gasteiger partial charge in [-0.1, -0.05) is 123 Å². The second-order valence-corrected chi connectivity index (χ2v) is 13.3. The molecule has 2 heterocycles. The van der Waals surface area contributed by atoms with Gasteiger partial charge in [0.15, 0.2) is 5.70 Å². The molecule has 0 radical (unpaired) electrons. The molecule has 0 fully saturated rings. The first-order valence-corrected chi connectivity index (χ1v) is 16.8. The molecular formula is C44H39N3O4. The molecule has 2 aliphatic rings. The summed E-state index contributed by atoms with van der Waals surface area (Å²) in [6, 6.07) is 21.0. The van der Waals surface area contributed by atoms with Crippen LogP contribution in [0.1, 0.15) is 37.8 Å². The van der Waals surface area contributed by atoms with Gasteiger partial charge >= 0.3 is 5.97 Å². The van der Waals surface area contributed by atoms with E-state index >= 15 is 0 Å². The second-order valence-electron chi connectivity index (χ2n) is 13.3. The molecule has 3 aromatic carbocycles. The fraction of sp³-hybridized carbons (Fsp3) is 0.136. The number of carbonyl (C=O) groups excluding carboxylic acids is 1. The van der Waals surface area contributed by atoms with Crippen LogP contribution in [0.25, 0.3) is 27.9 Å². The highest BCUT2D eigenvalue weighted by molar-refractivity contribution is 6.11. The number of hydrogen-bond donors (Lipinski definition) is 0. The fourth-order valence-corrected chi connectivity index (χ4v) is 6.33. The van der Waals surface area contributed by atoms with Gasteiger partial charge in [0.25, 0.3) is 5.69 Å². The number of hydrogen-bond acceptors (Lipinski definition) is 5. The minimum Gasteiger partial charge on any atom is -0.402 e. The van der Waals surface area contributed by atoms with Gasteiger partial charge in [0.2, 0.25) is 5.90 Å². The van der Waals surface area contributed by atoms with E-state index in [-0.39, 0.29) is 22.7 Å². The number of benzene rings is 3. The van der Waals surface area contributed by atoms with Crippen LogP contribution in [-0.2, 0) is 16.6 Å². The highest BCUT2D eigenvalue weighted by atomic mass is 16.6. The van der Waals surface area contributed by atoms with Crippen LogP contribution in [0.2, 0.25) is 0 Å². The summed E-state index contributed by atoms with van der Waals surface area (Å²) in [5.41, 5.74) is 7.15. The van der Waals surface area contributed by atoms with Crippen molar-refractivity contribution >= 4 is 45.4 Å². The van der Waals surface area contributed by atoms with Crippen LogP contribution >= 0.6 is 0 Å². The zero-order valence-electron chi connectivity index (χ0n) is 28.9. The lowest BCUT2D eigenvalue weighted by Crippen LogP contribution is -2.16. The molecule has 0 saturated carbocycles. The Morgan fingerprint density at radius 2 is 1.43 bits per heavy atom. The number of nitro groups is 1. The molecule has 1 aliphatic carbocycles. The molecule has 0 bridgehead atoms. The number of aliphatic imine (C=N–C) groups is 1. The maximum atomic E-state index is 12.1. The SMILES string of the molecule is Cn1c2ccccc2c2cc(/C=C/C3=CC(=C/C=C/C=C/C=C/C=C/C=C/C=C4/N=C(c5ccc([N+](=O)[O-])cc5)OC4=O)/CC(C)(C)C3)ccc21. The van der Waals surface area contributed by atoms with E-state index in [1.807, 2.05) is 42.5 Å². The van der Waals surface area contributed by atoms with Gasteiger partial charge in [-0.2, -0.15) is 0 Å². The summed E-state index contributed by atoms with van der Waals surface area (Å²) in [4.78, 5) is 26.7. The minimum absolute atomic E-state index is 0.0465. The standard InChI is InChI=1S/C44H39N3O4/c1-44(2)30-33(28-34(31-44)21-20-32-22-27-41-38(29-32)37-17-14-15-19-40(37)46(41)3)16-12-10-8-6-4-5-7-9-11-13-18-39-43(48)51-42(45-39)35-23-25-36(26-24-35)47(49)50/h4-29H,30-31H2,1-3H3/b5-4+,8-6+,9-7+,12-10+,13-11+,21-20+,33-16-,39-18+. The van der Waals surface area contributed by atoms with Gasteiger partial charge < -0.3 is 9.30 Å². The topological polar surface area (TPSA) is 86.7 Å². The third-order valence-electron chi connectivity index (χ3n) is 8.67. The quantitative estimate of drug-likeness (QED) is 0.0551. The largest absolute Gasteiger partial charge is 0.402 e. The molecule has 51 heavy (non-hydrogen) atoms. The number of aromatic nitrogens is 1. The van der Waals surface area contributed by atoms with Crippen LogP contribution in [0.3, 0.4) is 0 Å². The van der Waals surface area contributed by atoms with Crippen molar-refractivity contribution in [2.45, 2.75) is 26.7 Å². The maximum Gasteiger partial charge on any atom is 0.363 e. The number of allylic oxidation sites excluding steroid dienone is 16. The van der Waals surface area contributed by atoms with E-state index < -0.39 is 10.9 Å². The first-order chi connectivity index (χ1) is 24.7. The summed E-state index contributed by atoms with van der Waals surface area (Å²) in [5.74, 6) is -0.454. The van der Waals surface area contributed by atoms with Gasteiger partial charge in [0.05, 0.1) is 4.92 Å². The number of fused-ring (bicyclic) bond motifs is 3. The molecular weight excluding hydrogens is 635 g/mol. The molecule has 4 aromatic rings. The lowest BCUT2D eigenvalue weighted by Gasteiger charge is -2.30. The first kappa shape index (κ1) is 34.5. The smallest absolute Gasteiger partial charge is 0.363 e. The van der Waals surface area contributed by atoms with Crippen LogP contribution in [0.15, 0.2) is 174 Å². The number of carbonyl (C=O) groups is 1. The number of aryl methyl sites for hydroxylation is 1. The molecule has 0 amide bonds. The molecule has 7 nitrogen and oxygen atoms in total. The van der Waals surface area contributed by atoms with E-state index in [9.17, 15) is 14.9 Å². The maximum absolute atomic E-state index is 12.1. The van der Waals surface area contributed by atoms with Crippen molar-refractivity contribution in [3.63, 3.8) is 0 Å². The lowest BCUT2D eigenvalue weighted by molar-refractivity contribution is -0.384. The van der Waals surface area contributed by atoms with Gasteiger partial charge in [0, 0.05) is 46.5 Å². The predicted molar refractivity (Wildman–Crippen MR) is 208 cm³/mol. The molecule has 0 saturated heterocycles. The van der Waals surface area contributed by atoms with E-state index in [1.165, 1.54) is 62.8 Å². The number of nitro benzene ring substituents is 1.